The van der Waals surface area contributed by atoms with Gasteiger partial charge in [0.1, 0.15) is 0 Å². The zero-order chi connectivity index (χ0) is 17.1. The Balaban J connectivity index is 1.57. The molecule has 0 unspecified atom stereocenters. The molecule has 0 bridgehead atoms. The Kier molecular flexibility index (Phi) is 5.11. The number of hydrogen-bond donors (Lipinski definition) is 1. The molecule has 0 radical (unpaired) electrons. The van der Waals surface area contributed by atoms with Crippen LogP contribution in [0.15, 0.2) is 22.9 Å². The standard InChI is InChI=1S/C17H23N5OS/c1-5-14-12(3)6-15(24-14)17-21-20-16(23-17)8-18-13(4)10-22-9-11(2)7-19-22/h6-7,9,13,18H,5,8,10H2,1-4H3/t13-/m1/s1. The Labute approximate surface area is 145 Å². The summed E-state index contributed by atoms with van der Waals surface area (Å²) < 4.78 is 7.73. The van der Waals surface area contributed by atoms with Crippen molar-refractivity contribution in [3.63, 3.8) is 0 Å². The minimum absolute atomic E-state index is 0.260. The Morgan fingerprint density at radius 2 is 2.17 bits per heavy atom. The molecule has 7 heteroatoms. The first-order chi connectivity index (χ1) is 11.5. The van der Waals surface area contributed by atoms with E-state index < -0.39 is 0 Å². The lowest BCUT2D eigenvalue weighted by atomic mass is 10.2. The molecule has 0 spiro atoms. The van der Waals surface area contributed by atoms with Gasteiger partial charge < -0.3 is 9.73 Å². The fourth-order valence-electron chi connectivity index (χ4n) is 2.57. The van der Waals surface area contributed by atoms with E-state index in [4.69, 9.17) is 4.42 Å². The molecule has 3 rings (SSSR count). The van der Waals surface area contributed by atoms with Crippen molar-refractivity contribution < 1.29 is 4.42 Å². The largest absolute Gasteiger partial charge is 0.419 e. The monoisotopic (exact) mass is 345 g/mol. The number of hydrogen-bond acceptors (Lipinski definition) is 6. The van der Waals surface area contributed by atoms with Crippen molar-refractivity contribution >= 4 is 11.3 Å². The van der Waals surface area contributed by atoms with Gasteiger partial charge >= 0.3 is 0 Å². The second-order valence-electron chi connectivity index (χ2n) is 6.09. The molecule has 0 saturated heterocycles. The number of thiophene rings is 1. The average molecular weight is 345 g/mol. The predicted molar refractivity (Wildman–Crippen MR) is 95.0 cm³/mol. The van der Waals surface area contributed by atoms with Gasteiger partial charge in [0.25, 0.3) is 5.89 Å². The summed E-state index contributed by atoms with van der Waals surface area (Å²) in [6.07, 6.45) is 4.93. The minimum Gasteiger partial charge on any atom is -0.419 e. The number of aromatic nitrogens is 4. The van der Waals surface area contributed by atoms with Crippen molar-refractivity contribution in [2.75, 3.05) is 0 Å². The van der Waals surface area contributed by atoms with Gasteiger partial charge in [-0.2, -0.15) is 5.10 Å². The summed E-state index contributed by atoms with van der Waals surface area (Å²) in [7, 11) is 0. The summed E-state index contributed by atoms with van der Waals surface area (Å²) in [5.74, 6) is 1.22. The molecule has 6 nitrogen and oxygen atoms in total. The quantitative estimate of drug-likeness (QED) is 0.711. The molecule has 0 aromatic carbocycles. The van der Waals surface area contributed by atoms with Crippen LogP contribution in [0.5, 0.6) is 0 Å². The van der Waals surface area contributed by atoms with E-state index in [-0.39, 0.29) is 6.04 Å². The van der Waals surface area contributed by atoms with Crippen LogP contribution in [0.25, 0.3) is 10.8 Å². The van der Waals surface area contributed by atoms with Gasteiger partial charge in [0.2, 0.25) is 5.89 Å². The molecule has 0 aliphatic rings. The van der Waals surface area contributed by atoms with Crippen LogP contribution in [0.2, 0.25) is 0 Å². The highest BCUT2D eigenvalue weighted by Gasteiger charge is 2.13. The molecule has 0 fully saturated rings. The van der Waals surface area contributed by atoms with E-state index >= 15 is 0 Å². The molecule has 3 heterocycles. The van der Waals surface area contributed by atoms with Crippen molar-refractivity contribution in [2.45, 2.75) is 53.2 Å². The Morgan fingerprint density at radius 1 is 1.33 bits per heavy atom. The third-order valence-corrected chi connectivity index (χ3v) is 5.21. The zero-order valence-corrected chi connectivity index (χ0v) is 15.4. The zero-order valence-electron chi connectivity index (χ0n) is 14.5. The molecule has 0 saturated carbocycles. The first kappa shape index (κ1) is 16.9. The van der Waals surface area contributed by atoms with Crippen LogP contribution in [0.4, 0.5) is 0 Å². The van der Waals surface area contributed by atoms with Crippen molar-refractivity contribution in [3.8, 4) is 10.8 Å². The maximum Gasteiger partial charge on any atom is 0.257 e. The SMILES string of the molecule is CCc1sc(-c2nnc(CN[C@H](C)Cn3cc(C)cn3)o2)cc1C. The lowest BCUT2D eigenvalue weighted by Gasteiger charge is -2.12. The lowest BCUT2D eigenvalue weighted by molar-refractivity contribution is 0.411. The highest BCUT2D eigenvalue weighted by molar-refractivity contribution is 7.15. The topological polar surface area (TPSA) is 68.8 Å². The van der Waals surface area contributed by atoms with Crippen LogP contribution in [-0.2, 0) is 19.5 Å². The number of nitrogens with one attached hydrogen (secondary N) is 1. The predicted octanol–water partition coefficient (Wildman–Crippen LogP) is 3.35. The van der Waals surface area contributed by atoms with Crippen LogP contribution >= 0.6 is 11.3 Å². The first-order valence-electron chi connectivity index (χ1n) is 8.19. The molecule has 24 heavy (non-hydrogen) atoms. The van der Waals surface area contributed by atoms with Gasteiger partial charge in [-0.15, -0.1) is 21.5 Å². The van der Waals surface area contributed by atoms with E-state index in [9.17, 15) is 0 Å². The molecule has 128 valence electrons. The Bertz CT molecular complexity index is 804. The van der Waals surface area contributed by atoms with E-state index in [0.29, 0.717) is 18.3 Å². The number of aryl methyl sites for hydroxylation is 3. The van der Waals surface area contributed by atoms with E-state index in [1.54, 1.807) is 11.3 Å². The van der Waals surface area contributed by atoms with Crippen molar-refractivity contribution in [3.05, 3.63) is 40.4 Å². The molecule has 1 N–H and O–H groups in total. The van der Waals surface area contributed by atoms with Gasteiger partial charge in [-0.3, -0.25) is 4.68 Å². The fourth-order valence-corrected chi connectivity index (χ4v) is 3.61. The van der Waals surface area contributed by atoms with Gasteiger partial charge in [-0.1, -0.05) is 6.92 Å². The van der Waals surface area contributed by atoms with Crippen LogP contribution in [0.3, 0.4) is 0 Å². The van der Waals surface area contributed by atoms with Crippen LogP contribution in [-0.4, -0.2) is 26.0 Å². The molecule has 0 aliphatic carbocycles. The first-order valence-corrected chi connectivity index (χ1v) is 9.01. The third kappa shape index (κ3) is 3.91. The molecular weight excluding hydrogens is 322 g/mol. The van der Waals surface area contributed by atoms with Gasteiger partial charge in [0.15, 0.2) is 0 Å². The van der Waals surface area contributed by atoms with Gasteiger partial charge in [-0.05, 0) is 44.4 Å². The molecule has 0 aliphatic heterocycles. The van der Waals surface area contributed by atoms with Crippen LogP contribution < -0.4 is 5.32 Å². The van der Waals surface area contributed by atoms with Gasteiger partial charge in [0.05, 0.1) is 24.2 Å². The van der Waals surface area contributed by atoms with Gasteiger partial charge in [-0.25, -0.2) is 0 Å². The summed E-state index contributed by atoms with van der Waals surface area (Å²) in [6, 6.07) is 2.38. The minimum atomic E-state index is 0.260. The fraction of sp³-hybridized carbons (Fsp3) is 0.471. The molecule has 1 atom stereocenters. The summed E-state index contributed by atoms with van der Waals surface area (Å²) >= 11 is 1.73. The molecule has 0 amide bonds. The summed E-state index contributed by atoms with van der Waals surface area (Å²) in [4.78, 5) is 2.41. The van der Waals surface area contributed by atoms with Crippen LogP contribution in [0, 0.1) is 13.8 Å². The normalized spacial score (nSPS) is 12.7. The number of nitrogens with zero attached hydrogens (tertiary/aromatic N) is 4. The second-order valence-corrected chi connectivity index (χ2v) is 7.23. The number of rotatable bonds is 7. The van der Waals surface area contributed by atoms with Crippen LogP contribution in [0.1, 0.15) is 35.7 Å². The third-order valence-electron chi connectivity index (χ3n) is 3.84. The second kappa shape index (κ2) is 7.27. The Hall–Kier alpha value is -1.99. The van der Waals surface area contributed by atoms with E-state index in [0.717, 1.165) is 17.8 Å². The summed E-state index contributed by atoms with van der Waals surface area (Å²) in [6.45, 7) is 9.80. The average Bonchev–Trinajstić information content (AvgIpc) is 3.25. The lowest BCUT2D eigenvalue weighted by Crippen LogP contribution is -2.30. The highest BCUT2D eigenvalue weighted by atomic mass is 32.1. The summed E-state index contributed by atoms with van der Waals surface area (Å²) in [5.41, 5.74) is 2.46. The van der Waals surface area contributed by atoms with E-state index in [2.05, 4.69) is 47.5 Å². The Morgan fingerprint density at radius 3 is 2.83 bits per heavy atom. The van der Waals surface area contributed by atoms with Crippen molar-refractivity contribution in [1.29, 1.82) is 0 Å². The maximum absolute atomic E-state index is 5.79. The molecule has 3 aromatic rings. The van der Waals surface area contributed by atoms with Gasteiger partial charge in [0, 0.05) is 17.1 Å². The highest BCUT2D eigenvalue weighted by Crippen LogP contribution is 2.30. The summed E-state index contributed by atoms with van der Waals surface area (Å²) in [5, 5.41) is 16.0. The maximum atomic E-state index is 5.79. The van der Waals surface area contributed by atoms with E-state index in [1.165, 1.54) is 16.0 Å². The van der Waals surface area contributed by atoms with Crippen molar-refractivity contribution in [2.24, 2.45) is 0 Å². The van der Waals surface area contributed by atoms with E-state index in [1.807, 2.05) is 24.0 Å². The molecule has 3 aromatic heterocycles. The van der Waals surface area contributed by atoms with Crippen molar-refractivity contribution in [1.82, 2.24) is 25.3 Å². The molecular formula is C17H23N5OS. The smallest absolute Gasteiger partial charge is 0.257 e.